The summed E-state index contributed by atoms with van der Waals surface area (Å²) >= 11 is 0. The van der Waals surface area contributed by atoms with Crippen molar-refractivity contribution in [2.75, 3.05) is 29.5 Å². The Bertz CT molecular complexity index is 1220. The third kappa shape index (κ3) is 5.76. The number of aromatic nitrogens is 2. The van der Waals surface area contributed by atoms with E-state index in [-0.39, 0.29) is 40.3 Å². The van der Waals surface area contributed by atoms with Crippen LogP contribution in [0.3, 0.4) is 0 Å². The highest BCUT2D eigenvalue weighted by molar-refractivity contribution is 5.85. The number of hydrogen-bond acceptors (Lipinski definition) is 10. The fourth-order valence-electron chi connectivity index (χ4n) is 3.98. The van der Waals surface area contributed by atoms with Crippen molar-refractivity contribution in [3.8, 4) is 17.2 Å². The molecule has 11 heteroatoms. The topological polar surface area (TPSA) is 167 Å². The Balaban J connectivity index is 1.45. The number of phenolic OH excluding ortho intramolecular Hbond substituents is 1. The summed E-state index contributed by atoms with van der Waals surface area (Å²) in [5.41, 5.74) is 12.5. The molecular formula is C24H29FN8O2. The number of nitrogen functional groups attached to an aromatic ring is 1. The minimum Gasteiger partial charge on any atom is -0.507 e. The fourth-order valence-corrected chi connectivity index (χ4v) is 3.98. The number of nitrogens with one attached hydrogen (secondary N) is 4. The standard InChI is InChI=1S/C24H29FN8O2/c1-24(28)8-3-9-29-20(24)13-30-21-11-22(33-23(27)32-21)31-14-6-7-19(16(25)10-14)35-18-5-2-4-17(34)15(18)12-26/h2,4-7,10-12,20,26,29,34H,3,8-9,13,28H2,1H3,(H4,27,30,31,32,33). The molecule has 0 saturated carbocycles. The molecule has 2 atom stereocenters. The van der Waals surface area contributed by atoms with E-state index < -0.39 is 5.82 Å². The van der Waals surface area contributed by atoms with Gasteiger partial charge in [-0.1, -0.05) is 6.07 Å². The Kier molecular flexibility index (Phi) is 6.99. The molecule has 184 valence electrons. The summed E-state index contributed by atoms with van der Waals surface area (Å²) in [5, 5.41) is 27.0. The lowest BCUT2D eigenvalue weighted by molar-refractivity contribution is 0.259. The molecule has 3 aromatic rings. The molecule has 0 radical (unpaired) electrons. The molecule has 10 nitrogen and oxygen atoms in total. The smallest absolute Gasteiger partial charge is 0.223 e. The van der Waals surface area contributed by atoms with E-state index in [1.807, 2.05) is 6.92 Å². The third-order valence-electron chi connectivity index (χ3n) is 5.92. The van der Waals surface area contributed by atoms with E-state index in [4.69, 9.17) is 21.6 Å². The van der Waals surface area contributed by atoms with E-state index in [1.165, 1.54) is 18.2 Å². The Labute approximate surface area is 202 Å². The van der Waals surface area contributed by atoms with Gasteiger partial charge in [-0.05, 0) is 50.6 Å². The summed E-state index contributed by atoms with van der Waals surface area (Å²) in [6, 6.07) is 10.6. The van der Waals surface area contributed by atoms with Gasteiger partial charge in [0, 0.05) is 42.2 Å². The highest BCUT2D eigenvalue weighted by atomic mass is 19.1. The van der Waals surface area contributed by atoms with Crippen molar-refractivity contribution in [2.45, 2.75) is 31.3 Å². The van der Waals surface area contributed by atoms with E-state index in [1.54, 1.807) is 24.3 Å². The Morgan fingerprint density at radius 2 is 2.06 bits per heavy atom. The zero-order valence-corrected chi connectivity index (χ0v) is 19.3. The van der Waals surface area contributed by atoms with Gasteiger partial charge in [-0.2, -0.15) is 9.97 Å². The molecule has 1 saturated heterocycles. The number of piperidine rings is 1. The number of benzene rings is 2. The molecular weight excluding hydrogens is 451 g/mol. The molecule has 2 aromatic carbocycles. The second kappa shape index (κ2) is 10.1. The van der Waals surface area contributed by atoms with Crippen LogP contribution in [0.4, 0.5) is 27.7 Å². The second-order valence-corrected chi connectivity index (χ2v) is 8.70. The molecule has 35 heavy (non-hydrogen) atoms. The van der Waals surface area contributed by atoms with E-state index in [0.717, 1.165) is 25.6 Å². The molecule has 0 aliphatic carbocycles. The van der Waals surface area contributed by atoms with Gasteiger partial charge in [-0.3, -0.25) is 0 Å². The Hall–Kier alpha value is -3.96. The van der Waals surface area contributed by atoms with Crippen LogP contribution in [0.15, 0.2) is 42.5 Å². The molecule has 0 bridgehead atoms. The van der Waals surface area contributed by atoms with Crippen molar-refractivity contribution in [1.82, 2.24) is 15.3 Å². The van der Waals surface area contributed by atoms with Crippen LogP contribution in [-0.2, 0) is 0 Å². The van der Waals surface area contributed by atoms with Crippen LogP contribution in [-0.4, -0.2) is 46.0 Å². The highest BCUT2D eigenvalue weighted by Crippen LogP contribution is 2.32. The van der Waals surface area contributed by atoms with Gasteiger partial charge in [-0.15, -0.1) is 0 Å². The lowest BCUT2D eigenvalue weighted by Gasteiger charge is -2.39. The molecule has 1 aromatic heterocycles. The largest absolute Gasteiger partial charge is 0.507 e. The third-order valence-corrected chi connectivity index (χ3v) is 5.92. The molecule has 0 spiro atoms. The first-order valence-electron chi connectivity index (χ1n) is 11.2. The number of halogens is 1. The van der Waals surface area contributed by atoms with E-state index >= 15 is 0 Å². The maximum absolute atomic E-state index is 14.8. The summed E-state index contributed by atoms with van der Waals surface area (Å²) in [7, 11) is 0. The maximum atomic E-state index is 14.8. The van der Waals surface area contributed by atoms with Crippen LogP contribution in [0.25, 0.3) is 0 Å². The number of nitrogens with zero attached hydrogens (tertiary/aromatic N) is 2. The van der Waals surface area contributed by atoms with Crippen molar-refractivity contribution in [1.29, 1.82) is 5.41 Å². The average Bonchev–Trinajstić information content (AvgIpc) is 2.80. The van der Waals surface area contributed by atoms with Crippen LogP contribution in [0.2, 0.25) is 0 Å². The van der Waals surface area contributed by atoms with E-state index in [0.29, 0.717) is 23.9 Å². The van der Waals surface area contributed by atoms with Gasteiger partial charge >= 0.3 is 0 Å². The number of rotatable bonds is 8. The fraction of sp³-hybridized carbons (Fsp3) is 0.292. The van der Waals surface area contributed by atoms with Gasteiger partial charge in [0.1, 0.15) is 23.1 Å². The van der Waals surface area contributed by atoms with E-state index in [9.17, 15) is 9.50 Å². The molecule has 2 unspecified atom stereocenters. The SMILES string of the molecule is CC1(N)CCCNC1CNc1cc(Nc2ccc(Oc3cccc(O)c3C=N)c(F)c2)nc(N)n1. The van der Waals surface area contributed by atoms with Crippen LogP contribution in [0, 0.1) is 11.2 Å². The van der Waals surface area contributed by atoms with Crippen molar-refractivity contribution in [3.05, 3.63) is 53.8 Å². The predicted octanol–water partition coefficient (Wildman–Crippen LogP) is 3.32. The number of anilines is 4. The first-order chi connectivity index (χ1) is 16.7. The predicted molar refractivity (Wildman–Crippen MR) is 134 cm³/mol. The van der Waals surface area contributed by atoms with Crippen LogP contribution in [0.5, 0.6) is 17.2 Å². The summed E-state index contributed by atoms with van der Waals surface area (Å²) < 4.78 is 20.3. The molecule has 1 aliphatic heterocycles. The second-order valence-electron chi connectivity index (χ2n) is 8.70. The molecule has 2 heterocycles. The highest BCUT2D eigenvalue weighted by Gasteiger charge is 2.32. The summed E-state index contributed by atoms with van der Waals surface area (Å²) in [5.74, 6) is 0.315. The lowest BCUT2D eigenvalue weighted by atomic mass is 9.85. The monoisotopic (exact) mass is 480 g/mol. The van der Waals surface area contributed by atoms with Crippen molar-refractivity contribution >= 4 is 29.5 Å². The molecule has 9 N–H and O–H groups in total. The van der Waals surface area contributed by atoms with Gasteiger partial charge in [0.2, 0.25) is 5.95 Å². The number of phenols is 1. The first-order valence-corrected chi connectivity index (χ1v) is 11.2. The van der Waals surface area contributed by atoms with Gasteiger partial charge in [0.15, 0.2) is 11.6 Å². The zero-order chi connectivity index (χ0) is 25.0. The van der Waals surface area contributed by atoms with Gasteiger partial charge in [-0.25, -0.2) is 4.39 Å². The van der Waals surface area contributed by atoms with Crippen LogP contribution < -0.4 is 32.2 Å². The number of hydrogen-bond donors (Lipinski definition) is 7. The lowest BCUT2D eigenvalue weighted by Crippen LogP contribution is -2.61. The van der Waals surface area contributed by atoms with Gasteiger partial charge < -0.3 is 42.7 Å². The number of ether oxygens (including phenoxy) is 1. The maximum Gasteiger partial charge on any atom is 0.223 e. The average molecular weight is 481 g/mol. The normalized spacial score (nSPS) is 19.7. The molecule has 4 rings (SSSR count). The minimum atomic E-state index is -0.639. The summed E-state index contributed by atoms with van der Waals surface area (Å²) in [6.07, 6.45) is 2.92. The quantitative estimate of drug-likeness (QED) is 0.239. The molecule has 1 fully saturated rings. The summed E-state index contributed by atoms with van der Waals surface area (Å²) in [6.45, 7) is 3.51. The summed E-state index contributed by atoms with van der Waals surface area (Å²) in [4.78, 5) is 8.40. The van der Waals surface area contributed by atoms with Crippen molar-refractivity contribution in [3.63, 3.8) is 0 Å². The Morgan fingerprint density at radius 1 is 1.26 bits per heavy atom. The van der Waals surface area contributed by atoms with Crippen LogP contribution >= 0.6 is 0 Å². The van der Waals surface area contributed by atoms with Gasteiger partial charge in [0.05, 0.1) is 5.56 Å². The number of nitrogens with two attached hydrogens (primary N) is 2. The first kappa shape index (κ1) is 24.2. The van der Waals surface area contributed by atoms with Crippen molar-refractivity contribution < 1.29 is 14.2 Å². The van der Waals surface area contributed by atoms with E-state index in [2.05, 4.69) is 25.9 Å². The van der Waals surface area contributed by atoms with Gasteiger partial charge in [0.25, 0.3) is 0 Å². The Morgan fingerprint density at radius 3 is 2.80 bits per heavy atom. The van der Waals surface area contributed by atoms with Crippen LogP contribution in [0.1, 0.15) is 25.3 Å². The molecule has 0 amide bonds. The molecule has 1 aliphatic rings. The van der Waals surface area contributed by atoms with Crippen molar-refractivity contribution in [2.24, 2.45) is 5.73 Å². The minimum absolute atomic E-state index is 0.0568. The number of aromatic hydroxyl groups is 1. The zero-order valence-electron chi connectivity index (χ0n) is 19.3.